The van der Waals surface area contributed by atoms with Gasteiger partial charge in [-0.15, -0.1) is 0 Å². The van der Waals surface area contributed by atoms with Crippen LogP contribution in [0.2, 0.25) is 0 Å². The molecule has 0 aromatic heterocycles. The molecule has 1 amide bonds. The topological polar surface area (TPSA) is 32.8 Å². The summed E-state index contributed by atoms with van der Waals surface area (Å²) in [6.07, 6.45) is 2.45. The fourth-order valence-electron chi connectivity index (χ4n) is 3.54. The molecule has 0 spiro atoms. The number of hydrogen-bond donors (Lipinski definition) is 0. The maximum Gasteiger partial charge on any atom is 0.410 e. The molecule has 2 heterocycles. The molecule has 25 heavy (non-hydrogen) atoms. The number of amides is 1. The molecule has 2 aliphatic heterocycles. The molecule has 0 aliphatic carbocycles. The van der Waals surface area contributed by atoms with Crippen molar-refractivity contribution in [1.82, 2.24) is 9.80 Å². The van der Waals surface area contributed by atoms with Crippen LogP contribution in [0.4, 0.5) is 4.79 Å². The Bertz CT molecular complexity index is 577. The van der Waals surface area contributed by atoms with Gasteiger partial charge in [0.2, 0.25) is 0 Å². The molecule has 2 fully saturated rings. The number of hydrogen-bond acceptors (Lipinski definition) is 3. The SMILES string of the molecule is CC1CCN(Cc2ccc(C3CN(C(=O)OC(C)(C)C)C3)cc2)CC1. The Morgan fingerprint density at radius 1 is 1.12 bits per heavy atom. The van der Waals surface area contributed by atoms with Gasteiger partial charge in [0.05, 0.1) is 0 Å². The zero-order valence-corrected chi connectivity index (χ0v) is 16.1. The zero-order chi connectivity index (χ0) is 18.0. The van der Waals surface area contributed by atoms with E-state index in [1.54, 1.807) is 4.90 Å². The molecule has 0 radical (unpaired) electrons. The molecule has 0 N–H and O–H groups in total. The van der Waals surface area contributed by atoms with E-state index in [1.807, 2.05) is 20.8 Å². The summed E-state index contributed by atoms with van der Waals surface area (Å²) in [7, 11) is 0. The van der Waals surface area contributed by atoms with E-state index in [2.05, 4.69) is 36.1 Å². The Labute approximate surface area is 152 Å². The summed E-state index contributed by atoms with van der Waals surface area (Å²) in [5.41, 5.74) is 2.30. The van der Waals surface area contributed by atoms with Gasteiger partial charge in [0.1, 0.15) is 5.60 Å². The van der Waals surface area contributed by atoms with Gasteiger partial charge < -0.3 is 9.64 Å². The molecule has 4 nitrogen and oxygen atoms in total. The van der Waals surface area contributed by atoms with Gasteiger partial charge in [0, 0.05) is 25.6 Å². The molecule has 1 aromatic rings. The first-order valence-corrected chi connectivity index (χ1v) is 9.59. The lowest BCUT2D eigenvalue weighted by Crippen LogP contribution is -2.50. The normalized spacial score (nSPS) is 20.4. The van der Waals surface area contributed by atoms with Gasteiger partial charge in [-0.25, -0.2) is 4.79 Å². The number of carbonyl (C=O) groups excluding carboxylic acids is 1. The summed E-state index contributed by atoms with van der Waals surface area (Å²) in [6, 6.07) is 8.98. The van der Waals surface area contributed by atoms with Gasteiger partial charge in [-0.05, 0) is 63.7 Å². The molecule has 3 rings (SSSR count). The fraction of sp³-hybridized carbons (Fsp3) is 0.667. The smallest absolute Gasteiger partial charge is 0.410 e. The molecular weight excluding hydrogens is 312 g/mol. The molecule has 4 heteroatoms. The minimum atomic E-state index is -0.421. The number of ether oxygens (including phenoxy) is 1. The lowest BCUT2D eigenvalue weighted by atomic mass is 9.91. The van der Waals surface area contributed by atoms with Crippen LogP contribution in [0.15, 0.2) is 24.3 Å². The molecule has 0 unspecified atom stereocenters. The second-order valence-corrected chi connectivity index (χ2v) is 8.78. The van der Waals surface area contributed by atoms with E-state index in [0.717, 1.165) is 25.6 Å². The van der Waals surface area contributed by atoms with Crippen molar-refractivity contribution in [3.8, 4) is 0 Å². The van der Waals surface area contributed by atoms with Crippen LogP contribution in [-0.4, -0.2) is 47.7 Å². The number of benzene rings is 1. The number of likely N-dealkylation sites (tertiary alicyclic amines) is 2. The van der Waals surface area contributed by atoms with Crippen molar-refractivity contribution in [2.45, 2.75) is 58.6 Å². The Kier molecular flexibility index (Phi) is 5.38. The maximum absolute atomic E-state index is 12.0. The maximum atomic E-state index is 12.0. The highest BCUT2D eigenvalue weighted by atomic mass is 16.6. The van der Waals surface area contributed by atoms with Crippen LogP contribution in [0.1, 0.15) is 57.6 Å². The van der Waals surface area contributed by atoms with Gasteiger partial charge in [0.25, 0.3) is 0 Å². The van der Waals surface area contributed by atoms with E-state index in [9.17, 15) is 4.79 Å². The Morgan fingerprint density at radius 3 is 2.28 bits per heavy atom. The van der Waals surface area contributed by atoms with Gasteiger partial charge in [-0.2, -0.15) is 0 Å². The first-order valence-electron chi connectivity index (χ1n) is 9.59. The van der Waals surface area contributed by atoms with Gasteiger partial charge in [0.15, 0.2) is 0 Å². The summed E-state index contributed by atoms with van der Waals surface area (Å²) in [6.45, 7) is 13.1. The van der Waals surface area contributed by atoms with E-state index in [0.29, 0.717) is 5.92 Å². The number of carbonyl (C=O) groups is 1. The van der Waals surface area contributed by atoms with Crippen LogP contribution >= 0.6 is 0 Å². The van der Waals surface area contributed by atoms with Crippen LogP contribution in [0.3, 0.4) is 0 Å². The molecule has 0 saturated carbocycles. The van der Waals surface area contributed by atoms with Crippen LogP contribution in [-0.2, 0) is 11.3 Å². The lowest BCUT2D eigenvalue weighted by Gasteiger charge is -2.40. The molecule has 2 aliphatic rings. The predicted octanol–water partition coefficient (Wildman–Crippen LogP) is 4.25. The van der Waals surface area contributed by atoms with E-state index in [-0.39, 0.29) is 6.09 Å². The van der Waals surface area contributed by atoms with Gasteiger partial charge in [-0.3, -0.25) is 4.90 Å². The lowest BCUT2D eigenvalue weighted by molar-refractivity contribution is 0.00819. The first kappa shape index (κ1) is 18.2. The monoisotopic (exact) mass is 344 g/mol. The zero-order valence-electron chi connectivity index (χ0n) is 16.1. The van der Waals surface area contributed by atoms with Crippen molar-refractivity contribution in [2.24, 2.45) is 5.92 Å². The number of nitrogens with zero attached hydrogens (tertiary/aromatic N) is 2. The summed E-state index contributed by atoms with van der Waals surface area (Å²) in [5.74, 6) is 1.32. The van der Waals surface area contributed by atoms with E-state index in [1.165, 1.54) is 37.1 Å². The highest BCUT2D eigenvalue weighted by molar-refractivity contribution is 5.69. The van der Waals surface area contributed by atoms with Crippen LogP contribution < -0.4 is 0 Å². The van der Waals surface area contributed by atoms with Crippen molar-refractivity contribution in [3.63, 3.8) is 0 Å². The van der Waals surface area contributed by atoms with Crippen molar-refractivity contribution >= 4 is 6.09 Å². The van der Waals surface area contributed by atoms with Crippen molar-refractivity contribution < 1.29 is 9.53 Å². The summed E-state index contributed by atoms with van der Waals surface area (Å²) in [5, 5.41) is 0. The molecule has 0 atom stereocenters. The average molecular weight is 344 g/mol. The van der Waals surface area contributed by atoms with Crippen LogP contribution in [0.25, 0.3) is 0 Å². The second kappa shape index (κ2) is 7.36. The highest BCUT2D eigenvalue weighted by Gasteiger charge is 2.34. The predicted molar refractivity (Wildman–Crippen MR) is 101 cm³/mol. The Hall–Kier alpha value is -1.55. The largest absolute Gasteiger partial charge is 0.444 e. The minimum Gasteiger partial charge on any atom is -0.444 e. The fourth-order valence-corrected chi connectivity index (χ4v) is 3.54. The average Bonchev–Trinajstić information content (AvgIpc) is 2.48. The van der Waals surface area contributed by atoms with Gasteiger partial charge in [-0.1, -0.05) is 31.2 Å². The van der Waals surface area contributed by atoms with Crippen LogP contribution in [0.5, 0.6) is 0 Å². The molecule has 2 saturated heterocycles. The first-order chi connectivity index (χ1) is 11.8. The third-order valence-corrected chi connectivity index (χ3v) is 5.27. The summed E-state index contributed by atoms with van der Waals surface area (Å²) >= 11 is 0. The number of rotatable bonds is 3. The van der Waals surface area contributed by atoms with Gasteiger partial charge >= 0.3 is 6.09 Å². The minimum absolute atomic E-state index is 0.195. The van der Waals surface area contributed by atoms with Crippen LogP contribution in [0, 0.1) is 5.92 Å². The Balaban J connectivity index is 1.47. The summed E-state index contributed by atoms with van der Waals surface area (Å²) < 4.78 is 5.42. The second-order valence-electron chi connectivity index (χ2n) is 8.78. The molecule has 1 aromatic carbocycles. The van der Waals surface area contributed by atoms with E-state index < -0.39 is 5.60 Å². The van der Waals surface area contributed by atoms with Crippen molar-refractivity contribution in [3.05, 3.63) is 35.4 Å². The standard InChI is InChI=1S/C21H32N2O2/c1-16-9-11-22(12-10-16)13-17-5-7-18(8-6-17)19-14-23(15-19)20(24)25-21(2,3)4/h5-8,16,19H,9-15H2,1-4H3. The van der Waals surface area contributed by atoms with E-state index in [4.69, 9.17) is 4.74 Å². The van der Waals surface area contributed by atoms with Crippen molar-refractivity contribution in [2.75, 3.05) is 26.2 Å². The Morgan fingerprint density at radius 2 is 1.72 bits per heavy atom. The quantitative estimate of drug-likeness (QED) is 0.821. The number of piperidine rings is 1. The molecule has 138 valence electrons. The highest BCUT2D eigenvalue weighted by Crippen LogP contribution is 2.29. The third kappa shape index (κ3) is 4.97. The molecular formula is C21H32N2O2. The van der Waals surface area contributed by atoms with Crippen molar-refractivity contribution in [1.29, 1.82) is 0 Å². The third-order valence-electron chi connectivity index (χ3n) is 5.27. The summed E-state index contributed by atoms with van der Waals surface area (Å²) in [4.78, 5) is 16.4. The molecule has 0 bridgehead atoms. The van der Waals surface area contributed by atoms with E-state index >= 15 is 0 Å².